The molecule has 0 saturated carbocycles. The molecule has 0 rings (SSSR count). The first-order chi connectivity index (χ1) is 6.83. The van der Waals surface area contributed by atoms with Crippen LogP contribution in [0.15, 0.2) is 25.3 Å². The molecule has 0 heterocycles. The van der Waals surface area contributed by atoms with Gasteiger partial charge in [0.15, 0.2) is 0 Å². The molecular formula is C8H26O8P2. The maximum atomic E-state index is 8.88. The van der Waals surface area contributed by atoms with E-state index in [0.717, 1.165) is 0 Å². The van der Waals surface area contributed by atoms with Gasteiger partial charge in [0.05, 0.1) is 0 Å². The highest BCUT2D eigenvalue weighted by Gasteiger charge is 2.00. The fourth-order valence-corrected chi connectivity index (χ4v) is 0. The summed E-state index contributed by atoms with van der Waals surface area (Å²) in [5.74, 6) is 0. The van der Waals surface area contributed by atoms with Gasteiger partial charge in [-0.3, -0.25) is 0 Å². The van der Waals surface area contributed by atoms with Crippen LogP contribution in [0, 0.1) is 0 Å². The van der Waals surface area contributed by atoms with Crippen molar-refractivity contribution in [1.82, 2.24) is 0 Å². The van der Waals surface area contributed by atoms with Gasteiger partial charge in [-0.25, -0.2) is 9.13 Å². The van der Waals surface area contributed by atoms with Gasteiger partial charge in [0, 0.05) is 0 Å². The standard InChI is InChI=1S/2C3H6.2CH4.2H3O4P/c2*1-3-2;;;2*1-5(2,3)4/h2*3H,1H2,2H3;2*1H4;2*(H3,1,2,3,4). The van der Waals surface area contributed by atoms with Crippen molar-refractivity contribution < 1.29 is 38.5 Å². The van der Waals surface area contributed by atoms with Crippen molar-refractivity contribution in [2.75, 3.05) is 0 Å². The second-order valence-corrected chi connectivity index (χ2v) is 3.90. The summed E-state index contributed by atoms with van der Waals surface area (Å²) in [4.78, 5) is 43.1. The lowest BCUT2D eigenvalue weighted by Gasteiger charge is -1.82. The molecule has 8 nitrogen and oxygen atoms in total. The molecule has 0 aromatic rings. The van der Waals surface area contributed by atoms with Gasteiger partial charge in [0.1, 0.15) is 0 Å². The second kappa shape index (κ2) is 21.9. The first kappa shape index (κ1) is 36.1. The van der Waals surface area contributed by atoms with Crippen molar-refractivity contribution in [3.63, 3.8) is 0 Å². The average Bonchev–Trinajstić information content (AvgIpc) is 1.79. The smallest absolute Gasteiger partial charge is 0.303 e. The monoisotopic (exact) mass is 312 g/mol. The van der Waals surface area contributed by atoms with E-state index in [1.165, 1.54) is 0 Å². The first-order valence-corrected chi connectivity index (χ1v) is 6.67. The lowest BCUT2D eigenvalue weighted by atomic mass is 10.8. The zero-order chi connectivity index (χ0) is 14.4. The lowest BCUT2D eigenvalue weighted by molar-refractivity contribution is 0.272. The zero-order valence-electron chi connectivity index (χ0n) is 8.96. The molecular weight excluding hydrogens is 286 g/mol. The van der Waals surface area contributed by atoms with Crippen LogP contribution in [0.3, 0.4) is 0 Å². The number of hydrogen-bond donors (Lipinski definition) is 6. The third kappa shape index (κ3) is 37700. The van der Waals surface area contributed by atoms with E-state index < -0.39 is 15.6 Å². The van der Waals surface area contributed by atoms with Crippen LogP contribution in [-0.4, -0.2) is 29.4 Å². The minimum Gasteiger partial charge on any atom is -0.303 e. The van der Waals surface area contributed by atoms with Crippen molar-refractivity contribution in [2.24, 2.45) is 0 Å². The maximum Gasteiger partial charge on any atom is 0.466 e. The van der Waals surface area contributed by atoms with E-state index in [-0.39, 0.29) is 14.9 Å². The van der Waals surface area contributed by atoms with E-state index >= 15 is 0 Å². The van der Waals surface area contributed by atoms with Crippen LogP contribution in [0.1, 0.15) is 28.7 Å². The van der Waals surface area contributed by atoms with Gasteiger partial charge in [-0.15, -0.1) is 13.2 Å². The van der Waals surface area contributed by atoms with Crippen LogP contribution in [-0.2, 0) is 9.13 Å². The predicted molar refractivity (Wildman–Crippen MR) is 73.7 cm³/mol. The molecule has 6 N–H and O–H groups in total. The normalized spacial score (nSPS) is 8.00. The maximum absolute atomic E-state index is 8.88. The third-order valence-corrected chi connectivity index (χ3v) is 0. The van der Waals surface area contributed by atoms with Gasteiger partial charge in [-0.2, -0.15) is 0 Å². The molecule has 0 unspecified atom stereocenters. The van der Waals surface area contributed by atoms with E-state index in [0.29, 0.717) is 0 Å². The molecule has 0 radical (unpaired) electrons. The highest BCUT2D eigenvalue weighted by molar-refractivity contribution is 7.45. The van der Waals surface area contributed by atoms with Gasteiger partial charge >= 0.3 is 15.6 Å². The van der Waals surface area contributed by atoms with Crippen molar-refractivity contribution >= 4 is 15.6 Å². The van der Waals surface area contributed by atoms with Crippen LogP contribution in [0.5, 0.6) is 0 Å². The molecule has 0 aliphatic carbocycles. The van der Waals surface area contributed by atoms with Crippen LogP contribution in [0.4, 0.5) is 0 Å². The molecule has 0 atom stereocenters. The summed E-state index contributed by atoms with van der Waals surface area (Å²) < 4.78 is 17.8. The van der Waals surface area contributed by atoms with Crippen LogP contribution in [0.25, 0.3) is 0 Å². The fourth-order valence-electron chi connectivity index (χ4n) is 0. The number of allylic oxidation sites excluding steroid dienone is 2. The summed E-state index contributed by atoms with van der Waals surface area (Å²) in [5.41, 5.74) is 0. The Labute approximate surface area is 109 Å². The zero-order valence-corrected chi connectivity index (χ0v) is 10.8. The quantitative estimate of drug-likeness (QED) is 0.292. The second-order valence-electron chi connectivity index (χ2n) is 1.84. The topological polar surface area (TPSA) is 156 Å². The number of hydrogen-bond acceptors (Lipinski definition) is 2. The van der Waals surface area contributed by atoms with Crippen molar-refractivity contribution in [2.45, 2.75) is 28.7 Å². The summed E-state index contributed by atoms with van der Waals surface area (Å²) in [7, 11) is -9.28. The molecule has 116 valence electrons. The molecule has 0 aromatic heterocycles. The summed E-state index contributed by atoms with van der Waals surface area (Å²) >= 11 is 0. The fraction of sp³-hybridized carbons (Fsp3) is 0.500. The third-order valence-electron chi connectivity index (χ3n) is 0. The summed E-state index contributed by atoms with van der Waals surface area (Å²) in [6.07, 6.45) is 3.50. The van der Waals surface area contributed by atoms with E-state index in [1.54, 1.807) is 12.2 Å². The Kier molecular flexibility index (Phi) is 43.9. The largest absolute Gasteiger partial charge is 0.466 e. The molecule has 18 heavy (non-hydrogen) atoms. The van der Waals surface area contributed by atoms with Gasteiger partial charge in [0.2, 0.25) is 0 Å². The van der Waals surface area contributed by atoms with Gasteiger partial charge in [-0.1, -0.05) is 27.0 Å². The molecule has 10 heteroatoms. The Hall–Kier alpha value is -0.300. The molecule has 0 aliphatic heterocycles. The number of phosphoric acid groups is 2. The predicted octanol–water partition coefficient (Wildman–Crippen LogP) is 1.80. The average molecular weight is 312 g/mol. The molecule has 0 fully saturated rings. The number of rotatable bonds is 0. The highest BCUT2D eigenvalue weighted by atomic mass is 31.2. The summed E-state index contributed by atoms with van der Waals surface area (Å²) in [5, 5.41) is 0. The summed E-state index contributed by atoms with van der Waals surface area (Å²) in [6, 6.07) is 0. The summed E-state index contributed by atoms with van der Waals surface area (Å²) in [6.45, 7) is 10.5. The molecule has 0 saturated heterocycles. The van der Waals surface area contributed by atoms with Crippen LogP contribution >= 0.6 is 15.6 Å². The van der Waals surface area contributed by atoms with Gasteiger partial charge in [0.25, 0.3) is 0 Å². The van der Waals surface area contributed by atoms with Gasteiger partial charge in [-0.05, 0) is 13.8 Å². The minimum absolute atomic E-state index is 0. The Bertz CT molecular complexity index is 199. The van der Waals surface area contributed by atoms with Crippen LogP contribution in [0.2, 0.25) is 0 Å². The molecule has 0 aromatic carbocycles. The van der Waals surface area contributed by atoms with E-state index in [4.69, 9.17) is 38.5 Å². The van der Waals surface area contributed by atoms with Crippen molar-refractivity contribution in [3.05, 3.63) is 25.3 Å². The van der Waals surface area contributed by atoms with E-state index in [2.05, 4.69) is 13.2 Å². The van der Waals surface area contributed by atoms with Crippen molar-refractivity contribution in [1.29, 1.82) is 0 Å². The van der Waals surface area contributed by atoms with Crippen LogP contribution < -0.4 is 0 Å². The van der Waals surface area contributed by atoms with E-state index in [9.17, 15) is 0 Å². The first-order valence-electron chi connectivity index (χ1n) is 3.54. The highest BCUT2D eigenvalue weighted by Crippen LogP contribution is 2.26. The minimum atomic E-state index is -4.64. The van der Waals surface area contributed by atoms with Gasteiger partial charge < -0.3 is 29.4 Å². The molecule has 0 spiro atoms. The Morgan fingerprint density at radius 1 is 0.722 bits per heavy atom. The Morgan fingerprint density at radius 2 is 0.722 bits per heavy atom. The molecule has 0 bridgehead atoms. The Morgan fingerprint density at radius 3 is 0.722 bits per heavy atom. The Balaban J connectivity index is -0.0000000265. The van der Waals surface area contributed by atoms with Crippen molar-refractivity contribution in [3.8, 4) is 0 Å². The molecule has 0 aliphatic rings. The SMILES string of the molecule is C.C.C=CC.C=CC.O=P(O)(O)O.O=P(O)(O)O. The molecule has 0 amide bonds. The van der Waals surface area contributed by atoms with E-state index in [1.807, 2.05) is 13.8 Å². The lowest BCUT2D eigenvalue weighted by Crippen LogP contribution is -1.66.